The average molecular weight is 218 g/mol. The predicted octanol–water partition coefficient (Wildman–Crippen LogP) is 0.636. The van der Waals surface area contributed by atoms with Crippen molar-refractivity contribution in [3.05, 3.63) is 17.2 Å². The zero-order chi connectivity index (χ0) is 10.7. The molecule has 0 amide bonds. The van der Waals surface area contributed by atoms with Crippen molar-refractivity contribution in [2.75, 3.05) is 0 Å². The molecular formula is C8H12ClN3O2. The summed E-state index contributed by atoms with van der Waals surface area (Å²) in [6.07, 6.45) is 1.53. The molecule has 0 aliphatic carbocycles. The van der Waals surface area contributed by atoms with Crippen LogP contribution < -0.4 is 5.32 Å². The number of hydrogen-bond donors (Lipinski definition) is 2. The number of aliphatic carboxylic acids is 1. The fraction of sp³-hybridized carbons (Fsp3) is 0.500. The van der Waals surface area contributed by atoms with E-state index in [4.69, 9.17) is 16.7 Å². The van der Waals surface area contributed by atoms with Crippen molar-refractivity contribution < 1.29 is 9.90 Å². The lowest BCUT2D eigenvalue weighted by molar-refractivity contribution is -0.139. The Hall–Kier alpha value is -1.07. The van der Waals surface area contributed by atoms with Crippen molar-refractivity contribution in [1.29, 1.82) is 0 Å². The molecule has 0 aromatic carbocycles. The van der Waals surface area contributed by atoms with Gasteiger partial charge in [0.2, 0.25) is 0 Å². The maximum atomic E-state index is 10.5. The Labute approximate surface area is 86.7 Å². The van der Waals surface area contributed by atoms with Crippen molar-refractivity contribution >= 4 is 17.6 Å². The molecule has 0 saturated heterocycles. The van der Waals surface area contributed by atoms with Crippen molar-refractivity contribution in [1.82, 2.24) is 14.9 Å². The lowest BCUT2D eigenvalue weighted by atomic mass is 10.3. The highest BCUT2D eigenvalue weighted by molar-refractivity contribution is 6.29. The Bertz CT molecular complexity index is 337. The van der Waals surface area contributed by atoms with E-state index in [1.807, 2.05) is 0 Å². The Balaban J connectivity index is 2.54. The van der Waals surface area contributed by atoms with E-state index in [0.717, 1.165) is 0 Å². The van der Waals surface area contributed by atoms with Crippen molar-refractivity contribution in [3.63, 3.8) is 0 Å². The number of nitrogens with one attached hydrogen (secondary N) is 1. The van der Waals surface area contributed by atoms with Gasteiger partial charge in [-0.3, -0.25) is 10.1 Å². The fourth-order valence-electron chi connectivity index (χ4n) is 0.920. The second-order valence-corrected chi connectivity index (χ2v) is 3.38. The van der Waals surface area contributed by atoms with Crippen LogP contribution in [0.5, 0.6) is 0 Å². The fourth-order valence-corrected chi connectivity index (χ4v) is 1.07. The molecule has 1 atom stereocenters. The summed E-state index contributed by atoms with van der Waals surface area (Å²) in [6, 6.07) is -0.592. The maximum absolute atomic E-state index is 10.5. The molecule has 0 aliphatic heterocycles. The first-order chi connectivity index (χ1) is 6.52. The predicted molar refractivity (Wildman–Crippen MR) is 52.2 cm³/mol. The normalized spacial score (nSPS) is 12.8. The van der Waals surface area contributed by atoms with Gasteiger partial charge in [0, 0.05) is 7.05 Å². The van der Waals surface area contributed by atoms with Gasteiger partial charge < -0.3 is 9.67 Å². The monoisotopic (exact) mass is 217 g/mol. The van der Waals surface area contributed by atoms with Gasteiger partial charge in [0.1, 0.15) is 17.0 Å². The van der Waals surface area contributed by atoms with Gasteiger partial charge in [-0.15, -0.1) is 0 Å². The standard InChI is InChI=1S/C8H12ClN3O2/c1-5(8(13)14)10-4-7-11-3-6(9)12(7)2/h3,5,10H,4H2,1-2H3,(H,13,14). The van der Waals surface area contributed by atoms with Gasteiger partial charge in [-0.25, -0.2) is 4.98 Å². The van der Waals surface area contributed by atoms with Gasteiger partial charge in [-0.05, 0) is 6.92 Å². The van der Waals surface area contributed by atoms with E-state index < -0.39 is 12.0 Å². The highest BCUT2D eigenvalue weighted by Gasteiger charge is 2.11. The molecule has 5 nitrogen and oxygen atoms in total. The summed E-state index contributed by atoms with van der Waals surface area (Å²) in [5, 5.41) is 12.0. The minimum absolute atomic E-state index is 0.386. The Kier molecular flexibility index (Phi) is 3.49. The number of nitrogens with zero attached hydrogens (tertiary/aromatic N) is 2. The molecule has 0 saturated carbocycles. The van der Waals surface area contributed by atoms with Gasteiger partial charge in [0.15, 0.2) is 0 Å². The third-order valence-electron chi connectivity index (χ3n) is 1.96. The van der Waals surface area contributed by atoms with E-state index >= 15 is 0 Å². The quantitative estimate of drug-likeness (QED) is 0.777. The molecule has 78 valence electrons. The molecule has 14 heavy (non-hydrogen) atoms. The molecule has 1 aromatic heterocycles. The molecule has 0 fully saturated rings. The van der Waals surface area contributed by atoms with Crippen LogP contribution in [-0.4, -0.2) is 26.7 Å². The maximum Gasteiger partial charge on any atom is 0.320 e. The van der Waals surface area contributed by atoms with Crippen molar-refractivity contribution in [3.8, 4) is 0 Å². The number of hydrogen-bond acceptors (Lipinski definition) is 3. The third kappa shape index (κ3) is 2.46. The number of carboxylic acid groups (broad SMARTS) is 1. The topological polar surface area (TPSA) is 67.2 Å². The highest BCUT2D eigenvalue weighted by Crippen LogP contribution is 2.08. The average Bonchev–Trinajstić information content (AvgIpc) is 2.44. The van der Waals surface area contributed by atoms with Gasteiger partial charge in [0.25, 0.3) is 0 Å². The number of aromatic nitrogens is 2. The summed E-state index contributed by atoms with van der Waals surface area (Å²) >= 11 is 5.76. The zero-order valence-electron chi connectivity index (χ0n) is 7.99. The first kappa shape index (κ1) is 11.0. The van der Waals surface area contributed by atoms with Crippen LogP contribution in [0.2, 0.25) is 5.15 Å². The highest BCUT2D eigenvalue weighted by atomic mass is 35.5. The lowest BCUT2D eigenvalue weighted by Gasteiger charge is -2.08. The zero-order valence-corrected chi connectivity index (χ0v) is 8.75. The molecule has 1 heterocycles. The van der Waals surface area contributed by atoms with Gasteiger partial charge in [0.05, 0.1) is 12.7 Å². The van der Waals surface area contributed by atoms with E-state index in [-0.39, 0.29) is 0 Å². The number of halogens is 1. The summed E-state index contributed by atoms with van der Waals surface area (Å²) in [5.41, 5.74) is 0. The minimum Gasteiger partial charge on any atom is -0.480 e. The number of carbonyl (C=O) groups is 1. The molecular weight excluding hydrogens is 206 g/mol. The van der Waals surface area contributed by atoms with E-state index in [9.17, 15) is 4.79 Å². The number of rotatable bonds is 4. The summed E-state index contributed by atoms with van der Waals surface area (Å²) in [7, 11) is 1.78. The second-order valence-electron chi connectivity index (χ2n) is 3.00. The van der Waals surface area contributed by atoms with Gasteiger partial charge >= 0.3 is 5.97 Å². The third-order valence-corrected chi connectivity index (χ3v) is 2.32. The molecule has 6 heteroatoms. The summed E-state index contributed by atoms with van der Waals surface area (Å²) < 4.78 is 1.70. The first-order valence-electron chi connectivity index (χ1n) is 4.14. The Morgan fingerprint density at radius 1 is 1.86 bits per heavy atom. The molecule has 1 unspecified atom stereocenters. The van der Waals surface area contributed by atoms with Crippen LogP contribution in [0.15, 0.2) is 6.20 Å². The molecule has 1 rings (SSSR count). The summed E-state index contributed by atoms with van der Waals surface area (Å²) in [5.74, 6) is -0.173. The molecule has 1 aromatic rings. The number of carboxylic acids is 1. The van der Waals surface area contributed by atoms with E-state index in [2.05, 4.69) is 10.3 Å². The SMILES string of the molecule is CC(NCc1ncc(Cl)n1C)C(=O)O. The Morgan fingerprint density at radius 3 is 2.93 bits per heavy atom. The van der Waals surface area contributed by atoms with Crippen LogP contribution in [0.1, 0.15) is 12.7 Å². The van der Waals surface area contributed by atoms with E-state index in [0.29, 0.717) is 17.5 Å². The molecule has 2 N–H and O–H groups in total. The molecule has 0 bridgehead atoms. The Morgan fingerprint density at radius 2 is 2.50 bits per heavy atom. The van der Waals surface area contributed by atoms with Gasteiger partial charge in [-0.2, -0.15) is 0 Å². The molecule has 0 radical (unpaired) electrons. The van der Waals surface area contributed by atoms with Crippen LogP contribution in [0.4, 0.5) is 0 Å². The molecule has 0 spiro atoms. The lowest BCUT2D eigenvalue weighted by Crippen LogP contribution is -2.33. The van der Waals surface area contributed by atoms with Crippen LogP contribution in [0, 0.1) is 0 Å². The van der Waals surface area contributed by atoms with E-state index in [1.54, 1.807) is 18.5 Å². The molecule has 0 aliphatic rings. The van der Waals surface area contributed by atoms with Gasteiger partial charge in [-0.1, -0.05) is 11.6 Å². The number of imidazole rings is 1. The minimum atomic E-state index is -0.884. The summed E-state index contributed by atoms with van der Waals surface area (Å²) in [6.45, 7) is 1.96. The largest absolute Gasteiger partial charge is 0.480 e. The van der Waals surface area contributed by atoms with Crippen LogP contribution in [0.25, 0.3) is 0 Å². The van der Waals surface area contributed by atoms with Crippen LogP contribution in [-0.2, 0) is 18.4 Å². The first-order valence-corrected chi connectivity index (χ1v) is 4.52. The van der Waals surface area contributed by atoms with E-state index in [1.165, 1.54) is 6.20 Å². The van der Waals surface area contributed by atoms with Crippen molar-refractivity contribution in [2.45, 2.75) is 19.5 Å². The summed E-state index contributed by atoms with van der Waals surface area (Å²) in [4.78, 5) is 14.5. The van der Waals surface area contributed by atoms with Crippen LogP contribution >= 0.6 is 11.6 Å². The van der Waals surface area contributed by atoms with Crippen molar-refractivity contribution in [2.24, 2.45) is 7.05 Å². The second kappa shape index (κ2) is 4.43. The smallest absolute Gasteiger partial charge is 0.320 e. The van der Waals surface area contributed by atoms with Crippen LogP contribution in [0.3, 0.4) is 0 Å².